The van der Waals surface area contributed by atoms with E-state index in [4.69, 9.17) is 18.9 Å². The summed E-state index contributed by atoms with van der Waals surface area (Å²) < 4.78 is 50.6. The molecule has 0 atom stereocenters. The molecule has 1 amide bonds. The fourth-order valence-corrected chi connectivity index (χ4v) is 5.20. The number of amides is 1. The number of carbonyl (C=O) groups is 1. The van der Waals surface area contributed by atoms with Crippen LogP contribution in [0.25, 0.3) is 10.9 Å². The zero-order chi connectivity index (χ0) is 25.4. The minimum atomic E-state index is -3.91. The van der Waals surface area contributed by atoms with Crippen molar-refractivity contribution in [3.8, 4) is 23.0 Å². The molecule has 6 rings (SSSR count). The molecule has 37 heavy (non-hydrogen) atoms. The van der Waals surface area contributed by atoms with Crippen molar-refractivity contribution in [2.75, 3.05) is 36.5 Å². The van der Waals surface area contributed by atoms with Crippen molar-refractivity contribution in [2.45, 2.75) is 11.3 Å². The maximum atomic E-state index is 13.0. The number of carbonyl (C=O) groups excluding carboxylic acids is 1. The van der Waals surface area contributed by atoms with Gasteiger partial charge in [0.15, 0.2) is 28.8 Å². The molecule has 11 nitrogen and oxygen atoms in total. The van der Waals surface area contributed by atoms with E-state index in [1.54, 1.807) is 42.5 Å². The van der Waals surface area contributed by atoms with Crippen LogP contribution in [-0.2, 0) is 21.2 Å². The van der Waals surface area contributed by atoms with Crippen molar-refractivity contribution in [2.24, 2.45) is 0 Å². The van der Waals surface area contributed by atoms with Crippen LogP contribution in [-0.4, -0.2) is 50.9 Å². The molecule has 0 aliphatic carbocycles. The second-order valence-corrected chi connectivity index (χ2v) is 10.1. The van der Waals surface area contributed by atoms with Gasteiger partial charge in [-0.05, 0) is 48.0 Å². The van der Waals surface area contributed by atoms with Crippen LogP contribution in [0, 0.1) is 0 Å². The zero-order valence-electron chi connectivity index (χ0n) is 19.4. The average molecular weight is 523 g/mol. The van der Waals surface area contributed by atoms with E-state index < -0.39 is 10.0 Å². The predicted molar refractivity (Wildman–Crippen MR) is 134 cm³/mol. The van der Waals surface area contributed by atoms with Gasteiger partial charge in [-0.1, -0.05) is 6.07 Å². The van der Waals surface area contributed by atoms with Crippen molar-refractivity contribution in [1.29, 1.82) is 0 Å². The number of ether oxygens (including phenoxy) is 4. The van der Waals surface area contributed by atoms with Gasteiger partial charge in [0.05, 0.1) is 16.8 Å². The molecule has 12 heteroatoms. The topological polar surface area (TPSA) is 141 Å². The largest absolute Gasteiger partial charge is 0.486 e. The third-order valence-electron chi connectivity index (χ3n) is 5.87. The molecule has 3 heterocycles. The van der Waals surface area contributed by atoms with E-state index in [0.29, 0.717) is 66.0 Å². The first-order valence-corrected chi connectivity index (χ1v) is 13.0. The molecule has 3 aromatic carbocycles. The molecule has 0 fully saturated rings. The Balaban J connectivity index is 1.19. The highest BCUT2D eigenvalue weighted by molar-refractivity contribution is 7.92. The standard InChI is InChI=1S/C25H22N4O7S/c30-24(12-15-1-5-20-22(11-15)35-9-7-33-20)26-25-18-13-16(2-4-19(18)27-28-25)29-37(31,32)17-3-6-21-23(14-17)36-10-8-34-21/h1-6,11,13-14,29H,7-10,12H2,(H2,26,27,28,30). The lowest BCUT2D eigenvalue weighted by molar-refractivity contribution is -0.115. The van der Waals surface area contributed by atoms with Gasteiger partial charge < -0.3 is 24.3 Å². The maximum Gasteiger partial charge on any atom is 0.262 e. The number of fused-ring (bicyclic) bond motifs is 3. The number of hydrogen-bond donors (Lipinski definition) is 3. The van der Waals surface area contributed by atoms with Crippen LogP contribution in [0.4, 0.5) is 11.5 Å². The summed E-state index contributed by atoms with van der Waals surface area (Å²) in [4.78, 5) is 12.8. The molecule has 2 aliphatic rings. The number of sulfonamides is 1. The molecule has 0 spiro atoms. The first-order valence-electron chi connectivity index (χ1n) is 11.5. The van der Waals surface area contributed by atoms with Gasteiger partial charge in [-0.15, -0.1) is 0 Å². The van der Waals surface area contributed by atoms with Gasteiger partial charge in [0.2, 0.25) is 5.91 Å². The maximum absolute atomic E-state index is 13.0. The van der Waals surface area contributed by atoms with Crippen molar-refractivity contribution >= 4 is 38.3 Å². The van der Waals surface area contributed by atoms with Crippen LogP contribution in [0.2, 0.25) is 0 Å². The number of benzene rings is 3. The summed E-state index contributed by atoms with van der Waals surface area (Å²) in [5.74, 6) is 2.14. The fraction of sp³-hybridized carbons (Fsp3) is 0.200. The van der Waals surface area contributed by atoms with Crippen LogP contribution in [0.15, 0.2) is 59.5 Å². The van der Waals surface area contributed by atoms with E-state index in [-0.39, 0.29) is 23.0 Å². The molecule has 0 unspecified atom stereocenters. The average Bonchev–Trinajstić information content (AvgIpc) is 3.29. The van der Waals surface area contributed by atoms with Crippen LogP contribution >= 0.6 is 0 Å². The third-order valence-corrected chi connectivity index (χ3v) is 7.25. The molecular weight excluding hydrogens is 500 g/mol. The molecule has 3 N–H and O–H groups in total. The van der Waals surface area contributed by atoms with Gasteiger partial charge in [0.25, 0.3) is 10.0 Å². The van der Waals surface area contributed by atoms with E-state index in [9.17, 15) is 13.2 Å². The van der Waals surface area contributed by atoms with Gasteiger partial charge in [-0.25, -0.2) is 8.42 Å². The molecule has 0 saturated carbocycles. The van der Waals surface area contributed by atoms with Gasteiger partial charge in [-0.3, -0.25) is 14.6 Å². The number of aromatic amines is 1. The Morgan fingerprint density at radius 1 is 0.838 bits per heavy atom. The van der Waals surface area contributed by atoms with Crippen LogP contribution < -0.4 is 29.0 Å². The lowest BCUT2D eigenvalue weighted by Gasteiger charge is -2.19. The Morgan fingerprint density at radius 3 is 2.27 bits per heavy atom. The lowest BCUT2D eigenvalue weighted by atomic mass is 10.1. The molecule has 0 bridgehead atoms. The highest BCUT2D eigenvalue weighted by Crippen LogP contribution is 2.34. The minimum Gasteiger partial charge on any atom is -0.486 e. The lowest BCUT2D eigenvalue weighted by Crippen LogP contribution is -2.17. The van der Waals surface area contributed by atoms with Crippen molar-refractivity contribution in [1.82, 2.24) is 10.2 Å². The number of nitrogens with zero attached hydrogens (tertiary/aromatic N) is 1. The normalized spacial score (nSPS) is 14.3. The molecular formula is C25H22N4O7S. The number of nitrogens with one attached hydrogen (secondary N) is 3. The minimum absolute atomic E-state index is 0.0389. The second kappa shape index (κ2) is 9.21. The summed E-state index contributed by atoms with van der Waals surface area (Å²) in [6, 6.07) is 14.7. The molecule has 1 aromatic heterocycles. The van der Waals surface area contributed by atoms with Crippen LogP contribution in [0.3, 0.4) is 0 Å². The Morgan fingerprint density at radius 2 is 1.51 bits per heavy atom. The highest BCUT2D eigenvalue weighted by atomic mass is 32.2. The fourth-order valence-electron chi connectivity index (χ4n) is 4.14. The number of aromatic nitrogens is 2. The SMILES string of the molecule is O=C(Cc1ccc2c(c1)OCCO2)Nc1n[nH]c2ccc(NS(=O)(=O)c3ccc4c(c3)OCCO4)cc12. The summed E-state index contributed by atoms with van der Waals surface area (Å²) in [5, 5.41) is 10.4. The van der Waals surface area contributed by atoms with Crippen LogP contribution in [0.5, 0.6) is 23.0 Å². The van der Waals surface area contributed by atoms with E-state index >= 15 is 0 Å². The van der Waals surface area contributed by atoms with Crippen molar-refractivity contribution in [3.05, 3.63) is 60.2 Å². The first-order chi connectivity index (χ1) is 17.9. The van der Waals surface area contributed by atoms with Gasteiger partial charge in [-0.2, -0.15) is 5.10 Å². The Bertz CT molecular complexity index is 1620. The van der Waals surface area contributed by atoms with Gasteiger partial charge in [0.1, 0.15) is 26.4 Å². The molecule has 190 valence electrons. The Hall–Kier alpha value is -4.45. The summed E-state index contributed by atoms with van der Waals surface area (Å²) in [6.45, 7) is 1.72. The van der Waals surface area contributed by atoms with Crippen molar-refractivity contribution < 1.29 is 32.2 Å². The predicted octanol–water partition coefficient (Wildman–Crippen LogP) is 3.09. The van der Waals surface area contributed by atoms with E-state index in [1.807, 2.05) is 0 Å². The molecule has 0 saturated heterocycles. The molecule has 4 aromatic rings. The summed E-state index contributed by atoms with van der Waals surface area (Å²) >= 11 is 0. The quantitative estimate of drug-likeness (QED) is 0.351. The number of anilines is 2. The Kier molecular flexibility index (Phi) is 5.72. The van der Waals surface area contributed by atoms with Crippen LogP contribution in [0.1, 0.15) is 5.56 Å². The number of rotatable bonds is 6. The second-order valence-electron chi connectivity index (χ2n) is 8.45. The third kappa shape index (κ3) is 4.70. The summed E-state index contributed by atoms with van der Waals surface area (Å²) in [5.41, 5.74) is 1.71. The number of hydrogen-bond acceptors (Lipinski definition) is 8. The van der Waals surface area contributed by atoms with Crippen molar-refractivity contribution in [3.63, 3.8) is 0 Å². The molecule has 2 aliphatic heterocycles. The number of H-pyrrole nitrogens is 1. The Labute approximate surface area is 211 Å². The highest BCUT2D eigenvalue weighted by Gasteiger charge is 2.20. The monoisotopic (exact) mass is 522 g/mol. The summed E-state index contributed by atoms with van der Waals surface area (Å²) in [7, 11) is -3.91. The smallest absolute Gasteiger partial charge is 0.262 e. The van der Waals surface area contributed by atoms with Gasteiger partial charge >= 0.3 is 0 Å². The van der Waals surface area contributed by atoms with E-state index in [1.165, 1.54) is 12.1 Å². The van der Waals surface area contributed by atoms with Gasteiger partial charge in [0, 0.05) is 17.1 Å². The molecule has 0 radical (unpaired) electrons. The summed E-state index contributed by atoms with van der Waals surface area (Å²) in [6.07, 6.45) is 0.0986. The first kappa shape index (κ1) is 23.0. The van der Waals surface area contributed by atoms with E-state index in [2.05, 4.69) is 20.2 Å². The van der Waals surface area contributed by atoms with E-state index in [0.717, 1.165) is 5.56 Å². The zero-order valence-corrected chi connectivity index (χ0v) is 20.3.